The molecule has 1 aliphatic rings. The third-order valence-corrected chi connectivity index (χ3v) is 6.38. The molecule has 0 saturated heterocycles. The average molecular weight is 523 g/mol. The van der Waals surface area contributed by atoms with Crippen LogP contribution in [-0.2, 0) is 11.4 Å². The fraction of sp³-hybridized carbons (Fsp3) is 0.357. The van der Waals surface area contributed by atoms with Crippen LogP contribution in [-0.4, -0.2) is 51.4 Å². The monoisotopic (exact) mass is 522 g/mol. The maximum atomic E-state index is 13.3. The maximum absolute atomic E-state index is 13.3. The summed E-state index contributed by atoms with van der Waals surface area (Å²) < 4.78 is 28.7. The Morgan fingerprint density at radius 1 is 1.34 bits per heavy atom. The van der Waals surface area contributed by atoms with Crippen LogP contribution in [0.2, 0.25) is 0 Å². The van der Waals surface area contributed by atoms with Crippen molar-refractivity contribution in [1.29, 1.82) is 5.41 Å². The first kappa shape index (κ1) is 27.1. The minimum absolute atomic E-state index is 0.177. The molecule has 1 aliphatic carbocycles. The smallest absolute Gasteiger partial charge is 0.249 e. The lowest BCUT2D eigenvalue weighted by Crippen LogP contribution is -2.40. The SMILES string of the molecule is C=NO/C(=N\Cc1ccc(C)c(-c2cnc3ccc(/C(C=N)=C/NCC(C)(C)O)cn23)c1)C1CC(F)(F)C1. The van der Waals surface area contributed by atoms with E-state index in [1.54, 1.807) is 26.2 Å². The Morgan fingerprint density at radius 3 is 2.76 bits per heavy atom. The predicted octanol–water partition coefficient (Wildman–Crippen LogP) is 5.24. The molecule has 0 aliphatic heterocycles. The van der Waals surface area contributed by atoms with Crippen LogP contribution in [0.25, 0.3) is 22.5 Å². The fourth-order valence-electron chi connectivity index (χ4n) is 4.32. The van der Waals surface area contributed by atoms with Gasteiger partial charge in [0, 0.05) is 67.3 Å². The zero-order valence-electron chi connectivity index (χ0n) is 21.7. The van der Waals surface area contributed by atoms with E-state index in [0.717, 1.165) is 33.6 Å². The van der Waals surface area contributed by atoms with Gasteiger partial charge in [-0.05, 0) is 50.1 Å². The topological polar surface area (TPSA) is 107 Å². The van der Waals surface area contributed by atoms with Gasteiger partial charge in [-0.2, -0.15) is 0 Å². The summed E-state index contributed by atoms with van der Waals surface area (Å²) in [5.41, 5.74) is 5.05. The quantitative estimate of drug-likeness (QED) is 0.192. The molecular weight excluding hydrogens is 490 g/mol. The molecule has 4 rings (SSSR count). The Kier molecular flexibility index (Phi) is 7.73. The normalized spacial score (nSPS) is 16.3. The van der Waals surface area contributed by atoms with Crippen molar-refractivity contribution in [2.24, 2.45) is 16.1 Å². The number of aliphatic imine (C=N–C) groups is 1. The standard InChI is InChI=1S/C28H32F2N6O2/c1-18-5-6-19(13-35-26(38-32-4)21-10-28(29,30)11-21)9-23(18)24-15-34-25-8-7-20(16-36(24)25)22(12-31)14-33-17-27(2,3)37/h5-9,12,14-16,21,31,33,37H,4,10-11,13,17H2,1-3H3/b22-14+,31-12?,35-26-. The van der Waals surface area contributed by atoms with Crippen molar-refractivity contribution in [2.75, 3.05) is 6.54 Å². The summed E-state index contributed by atoms with van der Waals surface area (Å²) in [6.07, 6.45) is 6.08. The van der Waals surface area contributed by atoms with E-state index >= 15 is 0 Å². The van der Waals surface area contributed by atoms with Gasteiger partial charge in [0.1, 0.15) is 5.65 Å². The molecule has 8 nitrogen and oxygen atoms in total. The number of alkyl halides is 2. The molecule has 1 fully saturated rings. The van der Waals surface area contributed by atoms with Crippen molar-refractivity contribution in [1.82, 2.24) is 14.7 Å². The molecular formula is C28H32F2N6O2. The van der Waals surface area contributed by atoms with Crippen molar-refractivity contribution in [3.63, 3.8) is 0 Å². The molecule has 0 amide bonds. The molecule has 0 radical (unpaired) electrons. The number of aromatic nitrogens is 2. The lowest BCUT2D eigenvalue weighted by Gasteiger charge is -2.33. The van der Waals surface area contributed by atoms with Gasteiger partial charge in [0.25, 0.3) is 0 Å². The Hall–Kier alpha value is -3.92. The van der Waals surface area contributed by atoms with Gasteiger partial charge in [0.15, 0.2) is 0 Å². The minimum atomic E-state index is -2.69. The van der Waals surface area contributed by atoms with Crippen molar-refractivity contribution >= 4 is 30.1 Å². The van der Waals surface area contributed by atoms with E-state index in [1.165, 1.54) is 6.21 Å². The van der Waals surface area contributed by atoms with E-state index in [1.807, 2.05) is 47.9 Å². The molecule has 0 unspecified atom stereocenters. The number of nitrogens with one attached hydrogen (secondary N) is 2. The van der Waals surface area contributed by atoms with Gasteiger partial charge in [-0.25, -0.2) is 18.8 Å². The van der Waals surface area contributed by atoms with Gasteiger partial charge in [0.2, 0.25) is 11.8 Å². The molecule has 38 heavy (non-hydrogen) atoms. The number of pyridine rings is 1. The summed E-state index contributed by atoms with van der Waals surface area (Å²) in [6, 6.07) is 9.70. The van der Waals surface area contributed by atoms with Crippen LogP contribution in [0.5, 0.6) is 0 Å². The van der Waals surface area contributed by atoms with E-state index in [0.29, 0.717) is 12.1 Å². The van der Waals surface area contributed by atoms with Crippen molar-refractivity contribution in [3.8, 4) is 11.3 Å². The molecule has 10 heteroatoms. The molecule has 3 aromatic rings. The number of nitrogens with zero attached hydrogens (tertiary/aromatic N) is 4. The largest absolute Gasteiger partial charge is 0.389 e. The van der Waals surface area contributed by atoms with Gasteiger partial charge in [-0.1, -0.05) is 17.3 Å². The van der Waals surface area contributed by atoms with Crippen molar-refractivity contribution < 1.29 is 18.7 Å². The second-order valence-electron chi connectivity index (χ2n) is 10.2. The number of halogens is 2. The first-order valence-corrected chi connectivity index (χ1v) is 12.3. The highest BCUT2D eigenvalue weighted by Gasteiger charge is 2.48. The number of hydrogen-bond donors (Lipinski definition) is 3. The Labute approximate surface area is 220 Å². The average Bonchev–Trinajstić information content (AvgIpc) is 3.26. The Balaban J connectivity index is 1.62. The number of allylic oxidation sites excluding steroid dienone is 1. The number of aliphatic hydroxyl groups is 1. The Bertz CT molecular complexity index is 1400. The van der Waals surface area contributed by atoms with Crippen LogP contribution >= 0.6 is 0 Å². The predicted molar refractivity (Wildman–Crippen MR) is 146 cm³/mol. The zero-order chi connectivity index (χ0) is 27.5. The van der Waals surface area contributed by atoms with Gasteiger partial charge in [0.05, 0.1) is 24.0 Å². The van der Waals surface area contributed by atoms with Crippen LogP contribution < -0.4 is 5.32 Å². The molecule has 2 heterocycles. The van der Waals surface area contributed by atoms with Gasteiger partial charge in [-0.15, -0.1) is 0 Å². The number of rotatable bonds is 10. The minimum Gasteiger partial charge on any atom is -0.389 e. The molecule has 3 N–H and O–H groups in total. The number of oxime groups is 1. The summed E-state index contributed by atoms with van der Waals surface area (Å²) in [5, 5.41) is 24.3. The number of aryl methyl sites for hydroxylation is 1. The number of imidazole rings is 1. The zero-order valence-corrected chi connectivity index (χ0v) is 21.7. The summed E-state index contributed by atoms with van der Waals surface area (Å²) >= 11 is 0. The molecule has 0 spiro atoms. The third-order valence-electron chi connectivity index (χ3n) is 6.38. The van der Waals surface area contributed by atoms with Crippen molar-refractivity contribution in [3.05, 3.63) is 65.6 Å². The van der Waals surface area contributed by atoms with Crippen LogP contribution in [0.4, 0.5) is 8.78 Å². The molecule has 0 bridgehead atoms. The van der Waals surface area contributed by atoms with E-state index < -0.39 is 17.4 Å². The number of fused-ring (bicyclic) bond motifs is 1. The van der Waals surface area contributed by atoms with Crippen LogP contribution in [0.15, 0.2) is 59.1 Å². The van der Waals surface area contributed by atoms with Crippen LogP contribution in [0, 0.1) is 18.3 Å². The fourth-order valence-corrected chi connectivity index (χ4v) is 4.32. The second kappa shape index (κ2) is 10.8. The summed E-state index contributed by atoms with van der Waals surface area (Å²) in [5.74, 6) is -2.98. The highest BCUT2D eigenvalue weighted by atomic mass is 19.3. The van der Waals surface area contributed by atoms with Crippen LogP contribution in [0.3, 0.4) is 0 Å². The molecule has 1 saturated carbocycles. The molecule has 0 atom stereocenters. The second-order valence-corrected chi connectivity index (χ2v) is 10.2. The Morgan fingerprint density at radius 2 is 2.11 bits per heavy atom. The first-order valence-electron chi connectivity index (χ1n) is 12.3. The van der Waals surface area contributed by atoms with Crippen LogP contribution in [0.1, 0.15) is 43.4 Å². The van der Waals surface area contributed by atoms with Gasteiger partial charge in [-0.3, -0.25) is 4.40 Å². The first-order chi connectivity index (χ1) is 18.0. The third kappa shape index (κ3) is 6.31. The molecule has 1 aromatic carbocycles. The van der Waals surface area contributed by atoms with Gasteiger partial charge < -0.3 is 20.7 Å². The van der Waals surface area contributed by atoms with Crippen molar-refractivity contribution in [2.45, 2.75) is 51.7 Å². The van der Waals surface area contributed by atoms with Gasteiger partial charge >= 0.3 is 0 Å². The summed E-state index contributed by atoms with van der Waals surface area (Å²) in [4.78, 5) is 14.1. The molecule has 2 aromatic heterocycles. The summed E-state index contributed by atoms with van der Waals surface area (Å²) in [7, 11) is 0. The van der Waals surface area contributed by atoms with E-state index in [2.05, 4.69) is 27.2 Å². The molecule has 200 valence electrons. The lowest BCUT2D eigenvalue weighted by molar-refractivity contribution is -0.0956. The maximum Gasteiger partial charge on any atom is 0.249 e. The van der Waals surface area contributed by atoms with E-state index in [4.69, 9.17) is 10.2 Å². The highest BCUT2D eigenvalue weighted by molar-refractivity contribution is 6.08. The highest BCUT2D eigenvalue weighted by Crippen LogP contribution is 2.43. The number of hydrogen-bond acceptors (Lipinski definition) is 7. The van der Waals surface area contributed by atoms with E-state index in [9.17, 15) is 13.9 Å². The van der Waals surface area contributed by atoms with E-state index in [-0.39, 0.29) is 25.3 Å². The lowest BCUT2D eigenvalue weighted by atomic mass is 9.81. The number of benzene rings is 1. The summed E-state index contributed by atoms with van der Waals surface area (Å²) in [6.45, 7) is 9.30.